The van der Waals surface area contributed by atoms with Crippen LogP contribution in [0.15, 0.2) is 71.6 Å². The average Bonchev–Trinajstić information content (AvgIpc) is 2.86. The number of rotatable bonds is 10. The van der Waals surface area contributed by atoms with Crippen LogP contribution >= 0.6 is 34.8 Å². The average molecular weight is 611 g/mol. The van der Waals surface area contributed by atoms with Crippen LogP contribution in [0.2, 0.25) is 15.1 Å². The van der Waals surface area contributed by atoms with Gasteiger partial charge in [-0.15, -0.1) is 0 Å². The van der Waals surface area contributed by atoms with Crippen molar-refractivity contribution >= 4 is 62.3 Å². The van der Waals surface area contributed by atoms with Gasteiger partial charge in [-0.1, -0.05) is 64.6 Å². The van der Waals surface area contributed by atoms with Crippen molar-refractivity contribution in [2.24, 2.45) is 0 Å². The minimum absolute atomic E-state index is 0.0216. The zero-order valence-electron chi connectivity index (χ0n) is 22.0. The van der Waals surface area contributed by atoms with Gasteiger partial charge in [0.1, 0.15) is 12.6 Å². The van der Waals surface area contributed by atoms with E-state index in [1.165, 1.54) is 35.2 Å². The zero-order valence-corrected chi connectivity index (χ0v) is 25.1. The van der Waals surface area contributed by atoms with E-state index >= 15 is 0 Å². The monoisotopic (exact) mass is 609 g/mol. The smallest absolute Gasteiger partial charge is 0.264 e. The molecule has 0 aliphatic heterocycles. The summed E-state index contributed by atoms with van der Waals surface area (Å²) in [7, 11) is -4.26. The highest BCUT2D eigenvalue weighted by molar-refractivity contribution is 7.92. The molecule has 0 bridgehead atoms. The van der Waals surface area contributed by atoms with Gasteiger partial charge in [0, 0.05) is 22.6 Å². The Morgan fingerprint density at radius 3 is 2.15 bits per heavy atom. The van der Waals surface area contributed by atoms with Crippen LogP contribution in [0.3, 0.4) is 0 Å². The number of halogens is 3. The lowest BCUT2D eigenvalue weighted by Crippen LogP contribution is -2.52. The van der Waals surface area contributed by atoms with Gasteiger partial charge in [-0.25, -0.2) is 8.42 Å². The third kappa shape index (κ3) is 7.88. The molecule has 208 valence electrons. The molecule has 7 nitrogen and oxygen atoms in total. The molecule has 39 heavy (non-hydrogen) atoms. The number of sulfonamides is 1. The van der Waals surface area contributed by atoms with Crippen molar-refractivity contribution in [1.82, 2.24) is 10.2 Å². The maximum Gasteiger partial charge on any atom is 0.264 e. The minimum Gasteiger partial charge on any atom is -0.352 e. The Hall–Kier alpha value is -2.78. The van der Waals surface area contributed by atoms with Crippen LogP contribution in [0.4, 0.5) is 5.69 Å². The van der Waals surface area contributed by atoms with Gasteiger partial charge in [-0.05, 0) is 75.7 Å². The first kappa shape index (κ1) is 30.8. The van der Waals surface area contributed by atoms with Gasteiger partial charge in [-0.2, -0.15) is 0 Å². The van der Waals surface area contributed by atoms with Crippen LogP contribution in [0, 0.1) is 6.92 Å². The van der Waals surface area contributed by atoms with Crippen molar-refractivity contribution in [2.75, 3.05) is 10.8 Å². The van der Waals surface area contributed by atoms with Crippen LogP contribution in [0.5, 0.6) is 0 Å². The highest BCUT2D eigenvalue weighted by Crippen LogP contribution is 2.33. The van der Waals surface area contributed by atoms with Gasteiger partial charge in [0.25, 0.3) is 10.0 Å². The zero-order chi connectivity index (χ0) is 28.9. The van der Waals surface area contributed by atoms with E-state index in [0.717, 1.165) is 9.87 Å². The first-order valence-corrected chi connectivity index (χ1v) is 14.8. The first-order chi connectivity index (χ1) is 18.3. The molecule has 0 fully saturated rings. The lowest BCUT2D eigenvalue weighted by atomic mass is 10.1. The van der Waals surface area contributed by atoms with Gasteiger partial charge in [0.15, 0.2) is 0 Å². The van der Waals surface area contributed by atoms with Crippen molar-refractivity contribution in [3.63, 3.8) is 0 Å². The third-order valence-corrected chi connectivity index (χ3v) is 8.47. The van der Waals surface area contributed by atoms with Gasteiger partial charge >= 0.3 is 0 Å². The topological polar surface area (TPSA) is 86.8 Å². The molecule has 1 atom stereocenters. The first-order valence-electron chi connectivity index (χ1n) is 12.2. The molecule has 0 heterocycles. The summed E-state index contributed by atoms with van der Waals surface area (Å²) >= 11 is 18.8. The van der Waals surface area contributed by atoms with E-state index in [2.05, 4.69) is 5.32 Å². The molecule has 0 radical (unpaired) electrons. The molecule has 3 aromatic carbocycles. The number of benzene rings is 3. The van der Waals surface area contributed by atoms with E-state index in [9.17, 15) is 18.0 Å². The number of nitrogens with zero attached hydrogens (tertiary/aromatic N) is 2. The fourth-order valence-corrected chi connectivity index (χ4v) is 5.92. The number of hydrogen-bond acceptors (Lipinski definition) is 4. The molecule has 3 aromatic rings. The summed E-state index contributed by atoms with van der Waals surface area (Å²) in [6, 6.07) is 16.4. The predicted molar refractivity (Wildman–Crippen MR) is 157 cm³/mol. The molecular formula is C28H30Cl3N3O4S. The Morgan fingerprint density at radius 1 is 0.897 bits per heavy atom. The molecule has 1 N–H and O–H groups in total. The van der Waals surface area contributed by atoms with Crippen LogP contribution < -0.4 is 9.62 Å². The Kier molecular flexibility index (Phi) is 10.3. The minimum atomic E-state index is -4.26. The molecule has 0 aromatic heterocycles. The van der Waals surface area contributed by atoms with E-state index < -0.39 is 28.5 Å². The van der Waals surface area contributed by atoms with Crippen molar-refractivity contribution in [3.05, 3.63) is 92.9 Å². The molecule has 2 amide bonds. The maximum absolute atomic E-state index is 13.9. The van der Waals surface area contributed by atoms with E-state index in [1.807, 2.05) is 20.8 Å². The van der Waals surface area contributed by atoms with E-state index in [0.29, 0.717) is 10.6 Å². The van der Waals surface area contributed by atoms with Gasteiger partial charge in [-0.3, -0.25) is 13.9 Å². The molecule has 0 aliphatic rings. The fourth-order valence-electron chi connectivity index (χ4n) is 3.85. The summed E-state index contributed by atoms with van der Waals surface area (Å²) in [4.78, 5) is 28.2. The quantitative estimate of drug-likeness (QED) is 0.301. The number of nitrogens with one attached hydrogen (secondary N) is 1. The Bertz CT molecular complexity index is 1450. The molecule has 1 unspecified atom stereocenters. The SMILES string of the molecule is Cc1ccc(S(=O)(=O)N(CC(=O)N(Cc2cccc(Cl)c2)C(C)C(=O)NC(C)C)c2cc(Cl)ccc2Cl)cc1. The lowest BCUT2D eigenvalue weighted by Gasteiger charge is -2.32. The van der Waals surface area contributed by atoms with Crippen molar-refractivity contribution < 1.29 is 18.0 Å². The summed E-state index contributed by atoms with van der Waals surface area (Å²) in [6.07, 6.45) is 0. The van der Waals surface area contributed by atoms with Crippen LogP contribution in [-0.2, 0) is 26.2 Å². The standard InChI is InChI=1S/C28H30Cl3N3O4S/c1-18(2)32-28(36)20(4)33(16-21-6-5-7-22(29)14-21)27(35)17-34(26-15-23(30)10-13-25(26)31)39(37,38)24-11-8-19(3)9-12-24/h5-15,18,20H,16-17H2,1-4H3,(H,32,36). The molecule has 0 aliphatic carbocycles. The molecule has 0 saturated carbocycles. The van der Waals surface area contributed by atoms with E-state index in [4.69, 9.17) is 34.8 Å². The highest BCUT2D eigenvalue weighted by Gasteiger charge is 2.33. The number of amides is 2. The largest absolute Gasteiger partial charge is 0.352 e. The maximum atomic E-state index is 13.9. The lowest BCUT2D eigenvalue weighted by molar-refractivity contribution is -0.139. The third-order valence-electron chi connectivity index (χ3n) is 5.90. The second-order valence-corrected chi connectivity index (χ2v) is 12.6. The summed E-state index contributed by atoms with van der Waals surface area (Å²) < 4.78 is 28.7. The summed E-state index contributed by atoms with van der Waals surface area (Å²) in [5, 5.41) is 3.61. The van der Waals surface area contributed by atoms with Crippen LogP contribution in [-0.4, -0.2) is 43.8 Å². The van der Waals surface area contributed by atoms with E-state index in [1.54, 1.807) is 43.3 Å². The Balaban J connectivity index is 2.08. The second kappa shape index (κ2) is 13.0. The molecular weight excluding hydrogens is 581 g/mol. The fraction of sp³-hybridized carbons (Fsp3) is 0.286. The van der Waals surface area contributed by atoms with Gasteiger partial charge < -0.3 is 10.2 Å². The normalized spacial score (nSPS) is 12.2. The number of carbonyl (C=O) groups is 2. The number of aryl methyl sites for hydroxylation is 1. The number of anilines is 1. The van der Waals surface area contributed by atoms with Crippen molar-refractivity contribution in [3.8, 4) is 0 Å². The van der Waals surface area contributed by atoms with Crippen molar-refractivity contribution in [1.29, 1.82) is 0 Å². The van der Waals surface area contributed by atoms with Crippen molar-refractivity contribution in [2.45, 2.75) is 51.2 Å². The molecule has 11 heteroatoms. The van der Waals surface area contributed by atoms with Gasteiger partial charge in [0.05, 0.1) is 15.6 Å². The number of hydrogen-bond donors (Lipinski definition) is 1. The number of carbonyl (C=O) groups excluding carboxylic acids is 2. The second-order valence-electron chi connectivity index (χ2n) is 9.41. The van der Waals surface area contributed by atoms with E-state index in [-0.39, 0.29) is 39.1 Å². The Morgan fingerprint density at radius 2 is 1.54 bits per heavy atom. The molecule has 0 saturated heterocycles. The molecule has 0 spiro atoms. The highest BCUT2D eigenvalue weighted by atomic mass is 35.5. The van der Waals surface area contributed by atoms with Crippen LogP contribution in [0.1, 0.15) is 31.9 Å². The predicted octanol–water partition coefficient (Wildman–Crippen LogP) is 6.09. The van der Waals surface area contributed by atoms with Gasteiger partial charge in [0.2, 0.25) is 11.8 Å². The van der Waals surface area contributed by atoms with Crippen LogP contribution in [0.25, 0.3) is 0 Å². The summed E-state index contributed by atoms with van der Waals surface area (Å²) in [6.45, 7) is 6.44. The molecule has 3 rings (SSSR count). The summed E-state index contributed by atoms with van der Waals surface area (Å²) in [5.41, 5.74) is 1.59. The summed E-state index contributed by atoms with van der Waals surface area (Å²) in [5.74, 6) is -0.998. The Labute approximate surface area is 244 Å².